The van der Waals surface area contributed by atoms with E-state index in [0.717, 1.165) is 0 Å². The summed E-state index contributed by atoms with van der Waals surface area (Å²) in [5.41, 5.74) is 0. The maximum absolute atomic E-state index is 12.9. The highest BCUT2D eigenvalue weighted by molar-refractivity contribution is 7.89. The van der Waals surface area contributed by atoms with Crippen molar-refractivity contribution in [3.8, 4) is 23.0 Å². The second-order valence-electron chi connectivity index (χ2n) is 6.28. The van der Waals surface area contributed by atoms with Gasteiger partial charge in [0.05, 0.1) is 24.6 Å². The number of rotatable bonds is 5. The summed E-state index contributed by atoms with van der Waals surface area (Å²) in [5, 5.41) is 0.516. The van der Waals surface area contributed by atoms with E-state index in [2.05, 4.69) is 0 Å². The Labute approximate surface area is 162 Å². The van der Waals surface area contributed by atoms with Crippen molar-refractivity contribution in [2.75, 3.05) is 20.4 Å². The molecule has 2 aromatic rings. The predicted molar refractivity (Wildman–Crippen MR) is 98.3 cm³/mol. The van der Waals surface area contributed by atoms with Gasteiger partial charge in [-0.05, 0) is 31.2 Å². The molecule has 27 heavy (non-hydrogen) atoms. The number of benzene rings is 2. The van der Waals surface area contributed by atoms with Gasteiger partial charge in [0.2, 0.25) is 16.8 Å². The molecule has 2 aliphatic heterocycles. The number of nitrogens with zero attached hydrogens (tertiary/aromatic N) is 1. The molecule has 2 atom stereocenters. The molecule has 9 heteroatoms. The van der Waals surface area contributed by atoms with Gasteiger partial charge in [0.25, 0.3) is 0 Å². The van der Waals surface area contributed by atoms with Crippen LogP contribution >= 0.6 is 11.6 Å². The summed E-state index contributed by atoms with van der Waals surface area (Å²) in [6.07, 6.45) is -0.304. The molecule has 0 spiro atoms. The third kappa shape index (κ3) is 3.18. The normalized spacial score (nSPS) is 21.6. The lowest BCUT2D eigenvalue weighted by atomic mass is 10.1. The molecule has 144 valence electrons. The maximum Gasteiger partial charge on any atom is 0.243 e. The molecule has 2 heterocycles. The van der Waals surface area contributed by atoms with Crippen molar-refractivity contribution in [2.45, 2.75) is 24.0 Å². The van der Waals surface area contributed by atoms with Crippen LogP contribution in [0.3, 0.4) is 0 Å². The summed E-state index contributed by atoms with van der Waals surface area (Å²) >= 11 is 6.02. The topological polar surface area (TPSA) is 74.3 Å². The van der Waals surface area contributed by atoms with Gasteiger partial charge in [-0.15, -0.1) is 0 Å². The Balaban J connectivity index is 1.50. The second kappa shape index (κ2) is 6.78. The van der Waals surface area contributed by atoms with E-state index in [1.807, 2.05) is 0 Å². The number of hydrogen-bond donors (Lipinski definition) is 0. The highest BCUT2D eigenvalue weighted by Gasteiger charge is 2.45. The molecule has 0 radical (unpaired) electrons. The van der Waals surface area contributed by atoms with Gasteiger partial charge >= 0.3 is 0 Å². The lowest BCUT2D eigenvalue weighted by molar-refractivity contribution is 0.0195. The van der Waals surface area contributed by atoms with Crippen LogP contribution in [0.5, 0.6) is 23.0 Å². The van der Waals surface area contributed by atoms with Crippen molar-refractivity contribution < 1.29 is 27.4 Å². The fraction of sp³-hybridized carbons (Fsp3) is 0.333. The molecule has 4 rings (SSSR count). The largest absolute Gasteiger partial charge is 0.493 e. The summed E-state index contributed by atoms with van der Waals surface area (Å²) in [7, 11) is -2.12. The van der Waals surface area contributed by atoms with E-state index in [-0.39, 0.29) is 30.4 Å². The van der Waals surface area contributed by atoms with Gasteiger partial charge in [-0.1, -0.05) is 11.6 Å². The van der Waals surface area contributed by atoms with E-state index >= 15 is 0 Å². The minimum absolute atomic E-state index is 0.0936. The van der Waals surface area contributed by atoms with Crippen LogP contribution in [0.25, 0.3) is 0 Å². The number of methoxy groups -OCH3 is 1. The number of ether oxygens (including phenoxy) is 4. The van der Waals surface area contributed by atoms with Gasteiger partial charge in [-0.2, -0.15) is 4.31 Å². The molecule has 0 bridgehead atoms. The monoisotopic (exact) mass is 411 g/mol. The van der Waals surface area contributed by atoms with E-state index in [1.165, 1.54) is 23.5 Å². The average Bonchev–Trinajstić information content (AvgIpc) is 3.12. The summed E-state index contributed by atoms with van der Waals surface area (Å²) in [5.74, 6) is 2.01. The van der Waals surface area contributed by atoms with Crippen molar-refractivity contribution in [3.05, 3.63) is 41.4 Å². The Kier molecular flexibility index (Phi) is 4.57. The minimum Gasteiger partial charge on any atom is -0.493 e. The van der Waals surface area contributed by atoms with Gasteiger partial charge in [-0.25, -0.2) is 8.42 Å². The van der Waals surface area contributed by atoms with Crippen LogP contribution in [0, 0.1) is 0 Å². The first kappa shape index (κ1) is 18.2. The molecule has 0 aliphatic carbocycles. The first-order valence-corrected chi connectivity index (χ1v) is 10.1. The maximum atomic E-state index is 12.9. The van der Waals surface area contributed by atoms with E-state index in [9.17, 15) is 8.42 Å². The van der Waals surface area contributed by atoms with E-state index in [4.69, 9.17) is 30.5 Å². The first-order chi connectivity index (χ1) is 12.9. The molecular weight excluding hydrogens is 394 g/mol. The van der Waals surface area contributed by atoms with Gasteiger partial charge in [-0.3, -0.25) is 0 Å². The molecular formula is C18H18ClNO6S. The molecule has 7 nitrogen and oxygen atoms in total. The Bertz CT molecular complexity index is 980. The smallest absolute Gasteiger partial charge is 0.243 e. The highest BCUT2D eigenvalue weighted by Crippen LogP contribution is 2.38. The molecule has 0 unspecified atom stereocenters. The van der Waals surface area contributed by atoms with Crippen LogP contribution in [-0.4, -0.2) is 45.3 Å². The summed E-state index contributed by atoms with van der Waals surface area (Å²) in [4.78, 5) is 0.164. The van der Waals surface area contributed by atoms with Crippen molar-refractivity contribution in [2.24, 2.45) is 0 Å². The van der Waals surface area contributed by atoms with Gasteiger partial charge < -0.3 is 18.9 Å². The molecule has 0 N–H and O–H groups in total. The zero-order chi connectivity index (χ0) is 19.2. The van der Waals surface area contributed by atoms with Crippen LogP contribution in [0.15, 0.2) is 41.3 Å². The lowest BCUT2D eigenvalue weighted by Gasteiger charge is -2.44. The number of hydrogen-bond acceptors (Lipinski definition) is 6. The van der Waals surface area contributed by atoms with Crippen LogP contribution in [0.2, 0.25) is 5.02 Å². The first-order valence-electron chi connectivity index (χ1n) is 8.32. The standard InChI is InChI=1S/C18H18ClNO6S/c1-11-18(26-17-7-12(19)3-5-14(17)23-2)9-20(11)27(21,22)13-4-6-15-16(8-13)25-10-24-15/h3-8,11,18H,9-10H2,1-2H3/t11-,18-/m1/s1. The van der Waals surface area contributed by atoms with Gasteiger partial charge in [0.15, 0.2) is 23.0 Å². The molecule has 1 fully saturated rings. The van der Waals surface area contributed by atoms with E-state index < -0.39 is 10.0 Å². The van der Waals surface area contributed by atoms with Gasteiger partial charge in [0.1, 0.15) is 6.10 Å². The predicted octanol–water partition coefficient (Wildman–Crippen LogP) is 2.92. The molecule has 0 aromatic heterocycles. The Morgan fingerprint density at radius 3 is 2.63 bits per heavy atom. The fourth-order valence-electron chi connectivity index (χ4n) is 3.07. The van der Waals surface area contributed by atoms with E-state index in [0.29, 0.717) is 28.0 Å². The Morgan fingerprint density at radius 2 is 1.89 bits per heavy atom. The molecule has 0 saturated carbocycles. The zero-order valence-electron chi connectivity index (χ0n) is 14.7. The van der Waals surface area contributed by atoms with Crippen LogP contribution in [0.4, 0.5) is 0 Å². The summed E-state index contributed by atoms with van der Waals surface area (Å²) in [6, 6.07) is 9.33. The molecule has 2 aromatic carbocycles. The second-order valence-corrected chi connectivity index (χ2v) is 8.61. The van der Waals surface area contributed by atoms with E-state index in [1.54, 1.807) is 31.2 Å². The minimum atomic E-state index is -3.66. The third-order valence-electron chi connectivity index (χ3n) is 4.71. The third-order valence-corrected chi connectivity index (χ3v) is 6.89. The van der Waals surface area contributed by atoms with Crippen molar-refractivity contribution in [1.29, 1.82) is 0 Å². The average molecular weight is 412 g/mol. The number of sulfonamides is 1. The van der Waals surface area contributed by atoms with Gasteiger partial charge in [0, 0.05) is 17.2 Å². The highest BCUT2D eigenvalue weighted by atomic mass is 35.5. The van der Waals surface area contributed by atoms with Crippen LogP contribution < -0.4 is 18.9 Å². The summed E-state index contributed by atoms with van der Waals surface area (Å²) < 4.78 is 49.0. The molecule has 2 aliphatic rings. The number of fused-ring (bicyclic) bond motifs is 1. The fourth-order valence-corrected chi connectivity index (χ4v) is 4.92. The summed E-state index contributed by atoms with van der Waals surface area (Å²) in [6.45, 7) is 2.12. The Hall–Kier alpha value is -2.16. The van der Waals surface area contributed by atoms with Crippen LogP contribution in [0.1, 0.15) is 6.92 Å². The molecule has 0 amide bonds. The van der Waals surface area contributed by atoms with Crippen molar-refractivity contribution >= 4 is 21.6 Å². The van der Waals surface area contributed by atoms with Crippen LogP contribution in [-0.2, 0) is 10.0 Å². The quantitative estimate of drug-likeness (QED) is 0.753. The Morgan fingerprint density at radius 1 is 1.11 bits per heavy atom. The zero-order valence-corrected chi connectivity index (χ0v) is 16.3. The SMILES string of the molecule is COc1ccc(Cl)cc1O[C@@H]1CN(S(=O)(=O)c2ccc3c(c2)OCO3)[C@@H]1C. The lowest BCUT2D eigenvalue weighted by Crippen LogP contribution is -2.62. The molecule has 1 saturated heterocycles. The number of halogens is 1. The van der Waals surface area contributed by atoms with Crippen molar-refractivity contribution in [1.82, 2.24) is 4.31 Å². The van der Waals surface area contributed by atoms with Crippen molar-refractivity contribution in [3.63, 3.8) is 0 Å².